The molecule has 1 amide bonds. The van der Waals surface area contributed by atoms with E-state index in [-0.39, 0.29) is 17.9 Å². The van der Waals surface area contributed by atoms with Crippen LogP contribution in [0.2, 0.25) is 0 Å². The molecule has 3 rings (SSSR count). The number of amides is 1. The SMILES string of the molecule is COc1cc(/C=N/NC(=O)Cc2nc3sc(C)c(C)c3c(=O)[nH]2)ccc1OCCC(C)C. The van der Waals surface area contributed by atoms with Gasteiger partial charge in [0.1, 0.15) is 10.7 Å². The number of carbonyl (C=O) groups excluding carboxylic acids is 1. The molecule has 0 aliphatic carbocycles. The molecule has 170 valence electrons. The van der Waals surface area contributed by atoms with Crippen molar-refractivity contribution in [3.63, 3.8) is 0 Å². The van der Waals surface area contributed by atoms with Gasteiger partial charge in [0.2, 0.25) is 5.91 Å². The summed E-state index contributed by atoms with van der Waals surface area (Å²) in [6.07, 6.45) is 2.39. The molecule has 0 saturated heterocycles. The lowest BCUT2D eigenvalue weighted by atomic mass is 10.1. The summed E-state index contributed by atoms with van der Waals surface area (Å²) < 4.78 is 11.2. The van der Waals surface area contributed by atoms with E-state index in [2.05, 4.69) is 34.3 Å². The molecule has 0 spiro atoms. The number of methoxy groups -OCH3 is 1. The van der Waals surface area contributed by atoms with Crippen molar-refractivity contribution in [2.75, 3.05) is 13.7 Å². The van der Waals surface area contributed by atoms with Crippen LogP contribution in [0.4, 0.5) is 0 Å². The van der Waals surface area contributed by atoms with E-state index in [0.29, 0.717) is 40.1 Å². The molecule has 0 bridgehead atoms. The highest BCUT2D eigenvalue weighted by Crippen LogP contribution is 2.28. The Labute approximate surface area is 190 Å². The second-order valence-electron chi connectivity index (χ2n) is 7.89. The van der Waals surface area contributed by atoms with E-state index in [1.165, 1.54) is 17.6 Å². The largest absolute Gasteiger partial charge is 0.493 e. The summed E-state index contributed by atoms with van der Waals surface area (Å²) in [4.78, 5) is 33.3. The lowest BCUT2D eigenvalue weighted by Gasteiger charge is -2.12. The third kappa shape index (κ3) is 5.73. The van der Waals surface area contributed by atoms with Gasteiger partial charge in [0.15, 0.2) is 11.5 Å². The summed E-state index contributed by atoms with van der Waals surface area (Å²) >= 11 is 1.45. The Hall–Kier alpha value is -3.20. The number of hydrogen-bond donors (Lipinski definition) is 2. The Bertz CT molecular complexity index is 1200. The fourth-order valence-corrected chi connectivity index (χ4v) is 4.09. The first-order valence-corrected chi connectivity index (χ1v) is 11.2. The number of nitrogens with zero attached hydrogens (tertiary/aromatic N) is 2. The number of rotatable bonds is 9. The van der Waals surface area contributed by atoms with Crippen LogP contribution >= 0.6 is 11.3 Å². The number of thiophene rings is 1. The van der Waals surface area contributed by atoms with Crippen molar-refractivity contribution < 1.29 is 14.3 Å². The number of fused-ring (bicyclic) bond motifs is 1. The fourth-order valence-electron chi connectivity index (χ4n) is 3.04. The van der Waals surface area contributed by atoms with Gasteiger partial charge in [0.25, 0.3) is 5.56 Å². The van der Waals surface area contributed by atoms with Gasteiger partial charge in [-0.3, -0.25) is 9.59 Å². The predicted octanol–water partition coefficient (Wildman–Crippen LogP) is 3.73. The van der Waals surface area contributed by atoms with Gasteiger partial charge in [-0.1, -0.05) is 13.8 Å². The summed E-state index contributed by atoms with van der Waals surface area (Å²) in [6, 6.07) is 5.43. The molecule has 2 heterocycles. The topological polar surface area (TPSA) is 106 Å². The third-order valence-corrected chi connectivity index (χ3v) is 6.06. The van der Waals surface area contributed by atoms with Gasteiger partial charge in [0.05, 0.1) is 31.7 Å². The van der Waals surface area contributed by atoms with Crippen molar-refractivity contribution in [1.82, 2.24) is 15.4 Å². The number of aromatic amines is 1. The van der Waals surface area contributed by atoms with Crippen LogP contribution < -0.4 is 20.5 Å². The van der Waals surface area contributed by atoms with Gasteiger partial charge in [-0.25, -0.2) is 10.4 Å². The van der Waals surface area contributed by atoms with Crippen molar-refractivity contribution >= 4 is 33.7 Å². The molecular formula is C23H28N4O4S. The Morgan fingerprint density at radius 1 is 1.31 bits per heavy atom. The van der Waals surface area contributed by atoms with Crippen molar-refractivity contribution in [1.29, 1.82) is 0 Å². The zero-order valence-corrected chi connectivity index (χ0v) is 19.8. The van der Waals surface area contributed by atoms with E-state index in [1.54, 1.807) is 13.2 Å². The number of carbonyl (C=O) groups is 1. The molecule has 3 aromatic rings. The number of hydrazone groups is 1. The molecule has 32 heavy (non-hydrogen) atoms. The van der Waals surface area contributed by atoms with Crippen LogP contribution in [-0.2, 0) is 11.2 Å². The predicted molar refractivity (Wildman–Crippen MR) is 127 cm³/mol. The van der Waals surface area contributed by atoms with E-state index in [4.69, 9.17) is 9.47 Å². The fraction of sp³-hybridized carbons (Fsp3) is 0.391. The third-order valence-electron chi connectivity index (χ3n) is 4.96. The van der Waals surface area contributed by atoms with Crippen LogP contribution in [0.25, 0.3) is 10.2 Å². The number of aryl methyl sites for hydroxylation is 2. The van der Waals surface area contributed by atoms with Crippen molar-refractivity contribution in [3.8, 4) is 11.5 Å². The summed E-state index contributed by atoms with van der Waals surface area (Å²) in [5.41, 5.74) is 3.90. The number of nitrogens with one attached hydrogen (secondary N) is 2. The second kappa shape index (κ2) is 10.4. The maximum atomic E-state index is 12.3. The van der Waals surface area contributed by atoms with E-state index in [0.717, 1.165) is 22.4 Å². The molecule has 0 atom stereocenters. The van der Waals surface area contributed by atoms with Crippen molar-refractivity contribution in [2.24, 2.45) is 11.0 Å². The van der Waals surface area contributed by atoms with Crippen molar-refractivity contribution in [3.05, 3.63) is 50.4 Å². The number of ether oxygens (including phenoxy) is 2. The van der Waals surface area contributed by atoms with Crippen LogP contribution in [0.5, 0.6) is 11.5 Å². The van der Waals surface area contributed by atoms with E-state index < -0.39 is 0 Å². The highest BCUT2D eigenvalue weighted by Gasteiger charge is 2.13. The Balaban J connectivity index is 1.61. The quantitative estimate of drug-likeness (QED) is 0.377. The zero-order valence-electron chi connectivity index (χ0n) is 18.9. The monoisotopic (exact) mass is 456 g/mol. The van der Waals surface area contributed by atoms with Gasteiger partial charge in [-0.05, 0) is 55.5 Å². The number of benzene rings is 1. The zero-order chi connectivity index (χ0) is 23.3. The molecule has 0 radical (unpaired) electrons. The van der Waals surface area contributed by atoms with Crippen LogP contribution in [0, 0.1) is 19.8 Å². The highest BCUT2D eigenvalue weighted by molar-refractivity contribution is 7.18. The first-order valence-electron chi connectivity index (χ1n) is 10.4. The normalized spacial score (nSPS) is 11.4. The van der Waals surface area contributed by atoms with E-state index >= 15 is 0 Å². The van der Waals surface area contributed by atoms with Crippen LogP contribution in [0.3, 0.4) is 0 Å². The van der Waals surface area contributed by atoms with Crippen LogP contribution in [0.15, 0.2) is 28.1 Å². The molecule has 0 aliphatic rings. The minimum Gasteiger partial charge on any atom is -0.493 e. The molecule has 2 aromatic heterocycles. The minimum atomic E-state index is -0.380. The molecule has 0 aliphatic heterocycles. The first kappa shape index (κ1) is 23.5. The van der Waals surface area contributed by atoms with Crippen LogP contribution in [-0.4, -0.2) is 35.8 Å². The highest BCUT2D eigenvalue weighted by atomic mass is 32.1. The number of hydrogen-bond acceptors (Lipinski definition) is 7. The lowest BCUT2D eigenvalue weighted by molar-refractivity contribution is -0.120. The minimum absolute atomic E-state index is 0.0789. The van der Waals surface area contributed by atoms with Gasteiger partial charge < -0.3 is 14.5 Å². The Morgan fingerprint density at radius 2 is 2.09 bits per heavy atom. The smallest absolute Gasteiger partial charge is 0.259 e. The van der Waals surface area contributed by atoms with Crippen LogP contribution in [0.1, 0.15) is 42.1 Å². The summed E-state index contributed by atoms with van der Waals surface area (Å²) in [6.45, 7) is 8.74. The molecule has 2 N–H and O–H groups in total. The molecule has 9 heteroatoms. The molecule has 8 nitrogen and oxygen atoms in total. The molecule has 0 fully saturated rings. The van der Waals surface area contributed by atoms with Crippen molar-refractivity contribution in [2.45, 2.75) is 40.5 Å². The Morgan fingerprint density at radius 3 is 2.81 bits per heavy atom. The average Bonchev–Trinajstić information content (AvgIpc) is 3.02. The molecule has 0 saturated carbocycles. The number of aromatic nitrogens is 2. The van der Waals surface area contributed by atoms with E-state index in [1.807, 2.05) is 26.0 Å². The molecule has 1 aromatic carbocycles. The first-order chi connectivity index (χ1) is 15.3. The summed E-state index contributed by atoms with van der Waals surface area (Å²) in [5.74, 6) is 1.75. The maximum Gasteiger partial charge on any atom is 0.259 e. The lowest BCUT2D eigenvalue weighted by Crippen LogP contribution is -2.23. The summed E-state index contributed by atoms with van der Waals surface area (Å²) in [5, 5.41) is 4.58. The van der Waals surface area contributed by atoms with Gasteiger partial charge in [-0.15, -0.1) is 11.3 Å². The molecule has 0 unspecified atom stereocenters. The van der Waals surface area contributed by atoms with Gasteiger partial charge >= 0.3 is 0 Å². The second-order valence-corrected chi connectivity index (χ2v) is 9.09. The maximum absolute atomic E-state index is 12.3. The van der Waals surface area contributed by atoms with Gasteiger partial charge in [-0.2, -0.15) is 5.10 Å². The number of H-pyrrole nitrogens is 1. The summed E-state index contributed by atoms with van der Waals surface area (Å²) in [7, 11) is 1.58. The Kier molecular flexibility index (Phi) is 7.63. The molecular weight excluding hydrogens is 428 g/mol. The average molecular weight is 457 g/mol. The van der Waals surface area contributed by atoms with Gasteiger partial charge in [0, 0.05) is 4.88 Å². The standard InChI is InChI=1S/C23H28N4O4S/c1-13(2)8-9-31-17-7-6-16(10-18(17)30-5)12-24-27-20(28)11-19-25-22(29)21-14(3)15(4)32-23(21)26-19/h6-7,10,12-13H,8-9,11H2,1-5H3,(H,27,28)(H,25,26,29)/b24-12+. The van der Waals surface area contributed by atoms with E-state index in [9.17, 15) is 9.59 Å².